The Morgan fingerprint density at radius 2 is 1.78 bits per heavy atom. The predicted octanol–water partition coefficient (Wildman–Crippen LogP) is 3.34. The maximum absolute atomic E-state index is 14.8. The molecule has 0 aromatic heterocycles. The highest BCUT2D eigenvalue weighted by atomic mass is 19.1. The zero-order chi connectivity index (χ0) is 32.5. The van der Waals surface area contributed by atoms with Gasteiger partial charge in [-0.2, -0.15) is 0 Å². The number of hydrogen-bond donors (Lipinski definition) is 2. The third-order valence-corrected chi connectivity index (χ3v) is 8.58. The zero-order valence-electron chi connectivity index (χ0n) is 26.4. The molecule has 11 nitrogen and oxygen atoms in total. The highest BCUT2D eigenvalue weighted by Gasteiger charge is 2.29. The number of ether oxygens (including phenoxy) is 2. The SMILES string of the molecule is C/C(=C\c1cc(F)cc(N2CCN(CC(=O)O)CC2)c1)[C@H]1OC(=O)CC(=O)CC[C@H](C)[C@@H](OC(=O)N2CCNCC2)C=C[C@@H]1C. The third kappa shape index (κ3) is 10.1. The summed E-state index contributed by atoms with van der Waals surface area (Å²) in [5.74, 6) is -2.65. The van der Waals surface area contributed by atoms with Crippen LogP contribution in [0.15, 0.2) is 35.9 Å². The van der Waals surface area contributed by atoms with Crippen LogP contribution < -0.4 is 10.2 Å². The van der Waals surface area contributed by atoms with Crippen LogP contribution in [0, 0.1) is 17.7 Å². The minimum atomic E-state index is -0.876. The molecule has 2 N–H and O–H groups in total. The summed E-state index contributed by atoms with van der Waals surface area (Å²) in [6, 6.07) is 4.71. The number of rotatable bonds is 6. The summed E-state index contributed by atoms with van der Waals surface area (Å²) < 4.78 is 26.6. The zero-order valence-corrected chi connectivity index (χ0v) is 26.4. The standard InChI is InChI=1S/C33H45FN4O7/c1-22-4-6-28(39)20-31(42)45-32(23(2)5-7-29(22)44-33(43)38-10-8-35-9-11-38)24(3)16-25-17-26(34)19-27(18-25)37-14-12-36(13-15-37)21-30(40)41/h5,7,16-19,22-23,29,32,35H,4,6,8-15,20-21H2,1-3H3,(H,40,41)/b7-5?,24-16+/t22-,23-,29-,32-/m0/s1. The Labute approximate surface area is 264 Å². The van der Waals surface area contributed by atoms with E-state index in [-0.39, 0.29) is 37.0 Å². The summed E-state index contributed by atoms with van der Waals surface area (Å²) in [5.41, 5.74) is 1.93. The largest absolute Gasteiger partial charge is 0.480 e. The number of ketones is 1. The fraction of sp³-hybridized carbons (Fsp3) is 0.576. The second-order valence-electron chi connectivity index (χ2n) is 12.3. The van der Waals surface area contributed by atoms with E-state index in [0.29, 0.717) is 75.6 Å². The van der Waals surface area contributed by atoms with Crippen LogP contribution in [-0.2, 0) is 23.9 Å². The van der Waals surface area contributed by atoms with Crippen LogP contribution in [0.1, 0.15) is 45.6 Å². The van der Waals surface area contributed by atoms with Gasteiger partial charge in [0.1, 0.15) is 30.2 Å². The molecule has 45 heavy (non-hydrogen) atoms. The number of piperazine rings is 2. The third-order valence-electron chi connectivity index (χ3n) is 8.58. The molecule has 246 valence electrons. The molecule has 0 aliphatic carbocycles. The van der Waals surface area contributed by atoms with Gasteiger partial charge in [0.15, 0.2) is 0 Å². The van der Waals surface area contributed by atoms with E-state index in [4.69, 9.17) is 14.6 Å². The fourth-order valence-corrected chi connectivity index (χ4v) is 5.93. The summed E-state index contributed by atoms with van der Waals surface area (Å²) >= 11 is 0. The first-order chi connectivity index (χ1) is 21.5. The van der Waals surface area contributed by atoms with Crippen molar-refractivity contribution in [1.82, 2.24) is 15.1 Å². The van der Waals surface area contributed by atoms with Crippen LogP contribution in [-0.4, -0.2) is 110 Å². The van der Waals surface area contributed by atoms with Crippen LogP contribution in [0.3, 0.4) is 0 Å². The van der Waals surface area contributed by atoms with E-state index in [2.05, 4.69) is 5.32 Å². The molecule has 0 bridgehead atoms. The Balaban J connectivity index is 1.54. The fourth-order valence-electron chi connectivity index (χ4n) is 5.93. The summed E-state index contributed by atoms with van der Waals surface area (Å²) in [4.78, 5) is 55.0. The molecule has 4 rings (SSSR count). The highest BCUT2D eigenvalue weighted by molar-refractivity contribution is 5.95. The van der Waals surface area contributed by atoms with Gasteiger partial charge in [0, 0.05) is 70.4 Å². The minimum absolute atomic E-state index is 0.0270. The molecule has 0 saturated carbocycles. The molecule has 4 atom stereocenters. The summed E-state index contributed by atoms with van der Waals surface area (Å²) in [5, 5.41) is 12.3. The number of nitrogens with one attached hydrogen (secondary N) is 1. The Morgan fingerprint density at radius 3 is 2.47 bits per heavy atom. The Bertz CT molecular complexity index is 1290. The number of amides is 1. The molecule has 3 heterocycles. The van der Waals surface area contributed by atoms with Crippen molar-refractivity contribution in [2.45, 2.75) is 52.2 Å². The van der Waals surface area contributed by atoms with Crippen LogP contribution in [0.2, 0.25) is 0 Å². The number of carboxylic acid groups (broad SMARTS) is 1. The van der Waals surface area contributed by atoms with Crippen molar-refractivity contribution in [2.75, 3.05) is 63.8 Å². The van der Waals surface area contributed by atoms with Gasteiger partial charge in [-0.3, -0.25) is 19.3 Å². The van der Waals surface area contributed by atoms with E-state index in [1.807, 2.05) is 41.9 Å². The average Bonchev–Trinajstić information content (AvgIpc) is 3.00. The van der Waals surface area contributed by atoms with Crippen LogP contribution in [0.25, 0.3) is 6.08 Å². The van der Waals surface area contributed by atoms with Gasteiger partial charge in [0.2, 0.25) is 0 Å². The Kier molecular flexibility index (Phi) is 12.1. The first-order valence-electron chi connectivity index (χ1n) is 15.7. The number of Topliss-reactive ketones (excluding diaryl/α,β-unsaturated/α-hetero) is 1. The van der Waals surface area contributed by atoms with Gasteiger partial charge < -0.3 is 29.7 Å². The number of hydrogen-bond acceptors (Lipinski definition) is 9. The number of aliphatic carboxylic acids is 1. The van der Waals surface area contributed by atoms with Crippen molar-refractivity contribution in [3.05, 3.63) is 47.3 Å². The van der Waals surface area contributed by atoms with Gasteiger partial charge in [-0.15, -0.1) is 0 Å². The molecule has 0 radical (unpaired) electrons. The molecule has 3 aliphatic heterocycles. The van der Waals surface area contributed by atoms with Gasteiger partial charge in [-0.1, -0.05) is 26.0 Å². The van der Waals surface area contributed by atoms with Crippen molar-refractivity contribution in [2.24, 2.45) is 11.8 Å². The quantitative estimate of drug-likeness (QED) is 0.275. The summed E-state index contributed by atoms with van der Waals surface area (Å²) in [7, 11) is 0. The van der Waals surface area contributed by atoms with Gasteiger partial charge in [-0.25, -0.2) is 9.18 Å². The van der Waals surface area contributed by atoms with Crippen molar-refractivity contribution < 1.29 is 38.1 Å². The molecule has 3 aliphatic rings. The smallest absolute Gasteiger partial charge is 0.410 e. The lowest BCUT2D eigenvalue weighted by Crippen LogP contribution is -2.48. The monoisotopic (exact) mass is 628 g/mol. The van der Waals surface area contributed by atoms with Gasteiger partial charge in [-0.05, 0) is 54.7 Å². The first kappa shape index (κ1) is 34.1. The van der Waals surface area contributed by atoms with Gasteiger partial charge >= 0.3 is 18.0 Å². The van der Waals surface area contributed by atoms with Crippen LogP contribution in [0.4, 0.5) is 14.9 Å². The number of cyclic esters (lactones) is 1. The molecule has 2 saturated heterocycles. The molecule has 0 spiro atoms. The predicted molar refractivity (Wildman–Crippen MR) is 167 cm³/mol. The topological polar surface area (TPSA) is 129 Å². The first-order valence-corrected chi connectivity index (χ1v) is 15.7. The normalized spacial score (nSPS) is 26.1. The van der Waals surface area contributed by atoms with Crippen molar-refractivity contribution in [3.8, 4) is 0 Å². The second kappa shape index (κ2) is 16.0. The maximum Gasteiger partial charge on any atom is 0.410 e. The van der Waals surface area contributed by atoms with E-state index in [1.165, 1.54) is 12.1 Å². The molecule has 1 amide bonds. The van der Waals surface area contributed by atoms with Gasteiger partial charge in [0.05, 0.1) is 6.54 Å². The van der Waals surface area contributed by atoms with Crippen LogP contribution in [0.5, 0.6) is 0 Å². The van der Waals surface area contributed by atoms with E-state index in [9.17, 15) is 23.6 Å². The Morgan fingerprint density at radius 1 is 1.07 bits per heavy atom. The van der Waals surface area contributed by atoms with E-state index in [1.54, 1.807) is 17.9 Å². The lowest BCUT2D eigenvalue weighted by atomic mass is 9.92. The highest BCUT2D eigenvalue weighted by Crippen LogP contribution is 2.27. The lowest BCUT2D eigenvalue weighted by molar-refractivity contribution is -0.150. The average molecular weight is 629 g/mol. The molecule has 12 heteroatoms. The lowest BCUT2D eigenvalue weighted by Gasteiger charge is -2.35. The number of carbonyl (C=O) groups is 4. The molecule has 0 unspecified atom stereocenters. The number of halogens is 1. The van der Waals surface area contributed by atoms with Crippen molar-refractivity contribution in [3.63, 3.8) is 0 Å². The second-order valence-corrected chi connectivity index (χ2v) is 12.3. The molecular formula is C33H45FN4O7. The molecule has 1 aromatic rings. The Hall–Kier alpha value is -3.77. The maximum atomic E-state index is 14.8. The number of anilines is 1. The van der Waals surface area contributed by atoms with E-state index >= 15 is 0 Å². The number of carbonyl (C=O) groups excluding carboxylic acids is 3. The number of benzene rings is 1. The summed E-state index contributed by atoms with van der Waals surface area (Å²) in [6.07, 6.45) is 4.04. The van der Waals surface area contributed by atoms with Crippen molar-refractivity contribution in [1.29, 1.82) is 0 Å². The van der Waals surface area contributed by atoms with E-state index in [0.717, 1.165) is 0 Å². The minimum Gasteiger partial charge on any atom is -0.480 e. The number of nitrogens with zero attached hydrogens (tertiary/aromatic N) is 3. The number of carboxylic acids is 1. The summed E-state index contributed by atoms with van der Waals surface area (Å²) in [6.45, 7) is 10.3. The van der Waals surface area contributed by atoms with Gasteiger partial charge in [0.25, 0.3) is 0 Å². The van der Waals surface area contributed by atoms with Crippen molar-refractivity contribution >= 4 is 35.6 Å². The number of esters is 1. The molecule has 1 aromatic carbocycles. The molecular weight excluding hydrogens is 583 g/mol. The van der Waals surface area contributed by atoms with Crippen LogP contribution >= 0.6 is 0 Å². The van der Waals surface area contributed by atoms with E-state index < -0.39 is 36.1 Å². The molecule has 2 fully saturated rings.